The van der Waals surface area contributed by atoms with Crippen molar-refractivity contribution in [2.75, 3.05) is 0 Å². The first-order valence-electron chi connectivity index (χ1n) is 4.56. The molecular formula is C10H6ClFN2O2S. The highest BCUT2D eigenvalue weighted by Crippen LogP contribution is 2.27. The Kier molecular flexibility index (Phi) is 3.35. The molecule has 4 nitrogen and oxygen atoms in total. The fourth-order valence-corrected chi connectivity index (χ4v) is 2.22. The van der Waals surface area contributed by atoms with Gasteiger partial charge in [-0.15, -0.1) is 22.9 Å². The number of aromatic nitrogens is 1. The third kappa shape index (κ3) is 2.42. The number of hydrogen-bond donors (Lipinski definition) is 0. The van der Waals surface area contributed by atoms with E-state index in [1.54, 1.807) is 5.38 Å². The Morgan fingerprint density at radius 3 is 2.88 bits per heavy atom. The summed E-state index contributed by atoms with van der Waals surface area (Å²) in [6, 6.07) is 3.69. The van der Waals surface area contributed by atoms with Gasteiger partial charge in [-0.1, -0.05) is 0 Å². The number of nitro benzene ring substituents is 1. The van der Waals surface area contributed by atoms with Gasteiger partial charge in [-0.25, -0.2) is 4.98 Å². The van der Waals surface area contributed by atoms with E-state index in [-0.39, 0.29) is 5.88 Å². The van der Waals surface area contributed by atoms with Gasteiger partial charge >= 0.3 is 5.69 Å². The molecule has 0 saturated heterocycles. The molecule has 0 aliphatic heterocycles. The van der Waals surface area contributed by atoms with Crippen molar-refractivity contribution in [3.8, 4) is 11.3 Å². The molecule has 2 aromatic rings. The zero-order chi connectivity index (χ0) is 12.4. The quantitative estimate of drug-likeness (QED) is 0.487. The Labute approximate surface area is 105 Å². The molecule has 0 atom stereocenters. The van der Waals surface area contributed by atoms with Crippen LogP contribution in [0.5, 0.6) is 0 Å². The lowest BCUT2D eigenvalue weighted by molar-refractivity contribution is -0.387. The molecule has 88 valence electrons. The van der Waals surface area contributed by atoms with E-state index in [1.165, 1.54) is 23.5 Å². The van der Waals surface area contributed by atoms with Crippen LogP contribution in [0.1, 0.15) is 5.01 Å². The average molecular weight is 273 g/mol. The molecule has 0 saturated carbocycles. The predicted octanol–water partition coefficient (Wildman–Crippen LogP) is 3.60. The van der Waals surface area contributed by atoms with E-state index in [4.69, 9.17) is 11.6 Å². The fraction of sp³-hybridized carbons (Fsp3) is 0.100. The lowest BCUT2D eigenvalue weighted by Gasteiger charge is -1.98. The van der Waals surface area contributed by atoms with Crippen LogP contribution in [0.2, 0.25) is 0 Å². The Morgan fingerprint density at radius 1 is 1.53 bits per heavy atom. The smallest absolute Gasteiger partial charge is 0.258 e. The molecule has 2 rings (SSSR count). The van der Waals surface area contributed by atoms with Crippen molar-refractivity contribution in [1.29, 1.82) is 0 Å². The highest BCUT2D eigenvalue weighted by Gasteiger charge is 2.16. The van der Waals surface area contributed by atoms with E-state index in [0.29, 0.717) is 16.3 Å². The summed E-state index contributed by atoms with van der Waals surface area (Å²) in [5.41, 5.74) is 0.516. The Hall–Kier alpha value is -1.53. The zero-order valence-corrected chi connectivity index (χ0v) is 9.96. The van der Waals surface area contributed by atoms with E-state index >= 15 is 0 Å². The van der Waals surface area contributed by atoms with Crippen LogP contribution in [-0.2, 0) is 5.88 Å². The third-order valence-electron chi connectivity index (χ3n) is 2.10. The molecule has 1 heterocycles. The number of benzene rings is 1. The van der Waals surface area contributed by atoms with Gasteiger partial charge in [-0.2, -0.15) is 4.39 Å². The van der Waals surface area contributed by atoms with Gasteiger partial charge in [-0.3, -0.25) is 10.1 Å². The summed E-state index contributed by atoms with van der Waals surface area (Å²) in [5, 5.41) is 13.0. The summed E-state index contributed by atoms with van der Waals surface area (Å²) in [6.07, 6.45) is 0. The average Bonchev–Trinajstić information content (AvgIpc) is 2.78. The Bertz CT molecular complexity index is 573. The van der Waals surface area contributed by atoms with E-state index in [2.05, 4.69) is 4.98 Å². The van der Waals surface area contributed by atoms with Crippen LogP contribution in [-0.4, -0.2) is 9.91 Å². The number of hydrogen-bond acceptors (Lipinski definition) is 4. The molecule has 0 radical (unpaired) electrons. The summed E-state index contributed by atoms with van der Waals surface area (Å²) in [4.78, 5) is 14.0. The Balaban J connectivity index is 2.46. The maximum Gasteiger partial charge on any atom is 0.305 e. The number of nitrogens with zero attached hydrogens (tertiary/aromatic N) is 2. The van der Waals surface area contributed by atoms with E-state index in [0.717, 1.165) is 6.07 Å². The van der Waals surface area contributed by atoms with Crippen molar-refractivity contribution in [3.05, 3.63) is 44.5 Å². The van der Waals surface area contributed by atoms with Crippen molar-refractivity contribution >= 4 is 28.6 Å². The van der Waals surface area contributed by atoms with Crippen LogP contribution in [0.15, 0.2) is 23.6 Å². The van der Waals surface area contributed by atoms with Gasteiger partial charge in [0.25, 0.3) is 0 Å². The number of alkyl halides is 1. The van der Waals surface area contributed by atoms with Crippen LogP contribution in [0.3, 0.4) is 0 Å². The standard InChI is InChI=1S/C10H6ClFN2O2S/c11-4-10-13-8(5-17-10)6-1-2-7(12)9(3-6)14(15)16/h1-3,5H,4H2. The summed E-state index contributed by atoms with van der Waals surface area (Å²) < 4.78 is 13.1. The number of halogens is 2. The van der Waals surface area contributed by atoms with E-state index in [1.807, 2.05) is 0 Å². The van der Waals surface area contributed by atoms with Crippen molar-refractivity contribution in [1.82, 2.24) is 4.98 Å². The normalized spacial score (nSPS) is 10.5. The number of thiazole rings is 1. The summed E-state index contributed by atoms with van der Waals surface area (Å²) >= 11 is 6.97. The van der Waals surface area contributed by atoms with Crippen LogP contribution in [0, 0.1) is 15.9 Å². The molecule has 0 aliphatic rings. The topological polar surface area (TPSA) is 56.0 Å². The van der Waals surface area contributed by atoms with E-state index < -0.39 is 16.4 Å². The van der Waals surface area contributed by atoms with Gasteiger partial charge in [0.05, 0.1) is 16.5 Å². The van der Waals surface area contributed by atoms with Gasteiger partial charge in [-0.05, 0) is 12.1 Å². The van der Waals surface area contributed by atoms with Gasteiger partial charge < -0.3 is 0 Å². The molecule has 0 amide bonds. The molecule has 0 fully saturated rings. The molecule has 1 aromatic heterocycles. The second-order valence-corrected chi connectivity index (χ2v) is 4.39. The highest BCUT2D eigenvalue weighted by molar-refractivity contribution is 7.10. The molecular weight excluding hydrogens is 267 g/mol. The number of rotatable bonds is 3. The summed E-state index contributed by atoms with van der Waals surface area (Å²) in [5.74, 6) is -0.569. The highest BCUT2D eigenvalue weighted by atomic mass is 35.5. The Morgan fingerprint density at radius 2 is 2.29 bits per heavy atom. The largest absolute Gasteiger partial charge is 0.305 e. The van der Waals surface area contributed by atoms with Crippen LogP contribution < -0.4 is 0 Å². The molecule has 7 heteroatoms. The maximum absolute atomic E-state index is 13.1. The SMILES string of the molecule is O=[N+]([O-])c1cc(-c2csc(CCl)n2)ccc1F. The van der Waals surface area contributed by atoms with Gasteiger partial charge in [0.2, 0.25) is 5.82 Å². The molecule has 0 spiro atoms. The van der Waals surface area contributed by atoms with Crippen molar-refractivity contribution in [2.24, 2.45) is 0 Å². The first-order chi connectivity index (χ1) is 8.11. The molecule has 0 bridgehead atoms. The first kappa shape index (κ1) is 11.9. The summed E-state index contributed by atoms with van der Waals surface area (Å²) in [7, 11) is 0. The van der Waals surface area contributed by atoms with Gasteiger partial charge in [0.15, 0.2) is 0 Å². The van der Waals surface area contributed by atoms with Gasteiger partial charge in [0.1, 0.15) is 5.01 Å². The molecule has 1 aromatic carbocycles. The van der Waals surface area contributed by atoms with Crippen molar-refractivity contribution < 1.29 is 9.31 Å². The lowest BCUT2D eigenvalue weighted by atomic mass is 10.1. The van der Waals surface area contributed by atoms with Crippen molar-refractivity contribution in [3.63, 3.8) is 0 Å². The minimum atomic E-state index is -0.855. The second-order valence-electron chi connectivity index (χ2n) is 3.18. The lowest BCUT2D eigenvalue weighted by Crippen LogP contribution is -1.93. The minimum absolute atomic E-state index is 0.286. The van der Waals surface area contributed by atoms with Crippen LogP contribution >= 0.6 is 22.9 Å². The zero-order valence-electron chi connectivity index (χ0n) is 8.39. The van der Waals surface area contributed by atoms with Crippen LogP contribution in [0.4, 0.5) is 10.1 Å². The number of nitro groups is 1. The molecule has 0 unspecified atom stereocenters. The van der Waals surface area contributed by atoms with Crippen molar-refractivity contribution in [2.45, 2.75) is 5.88 Å². The monoisotopic (exact) mass is 272 g/mol. The molecule has 0 aliphatic carbocycles. The first-order valence-corrected chi connectivity index (χ1v) is 5.98. The fourth-order valence-electron chi connectivity index (χ4n) is 1.32. The third-order valence-corrected chi connectivity index (χ3v) is 3.37. The second kappa shape index (κ2) is 4.77. The van der Waals surface area contributed by atoms with Gasteiger partial charge in [0, 0.05) is 17.0 Å². The molecule has 17 heavy (non-hydrogen) atoms. The molecule has 0 N–H and O–H groups in total. The minimum Gasteiger partial charge on any atom is -0.258 e. The van der Waals surface area contributed by atoms with Crippen LogP contribution in [0.25, 0.3) is 11.3 Å². The maximum atomic E-state index is 13.1. The summed E-state index contributed by atoms with van der Waals surface area (Å²) in [6.45, 7) is 0. The van der Waals surface area contributed by atoms with E-state index in [9.17, 15) is 14.5 Å². The predicted molar refractivity (Wildman–Crippen MR) is 63.7 cm³/mol.